The molecular formula is C13H14ClN3O. The lowest BCUT2D eigenvalue weighted by Gasteiger charge is -2.19. The van der Waals surface area contributed by atoms with E-state index in [4.69, 9.17) is 11.6 Å². The first-order valence-electron chi connectivity index (χ1n) is 5.73. The number of halogens is 1. The minimum atomic E-state index is -0.208. The van der Waals surface area contributed by atoms with Crippen molar-refractivity contribution in [3.05, 3.63) is 41.1 Å². The standard InChI is InChI=1S/C13H14ClN3O/c1-2-10-4-5-11(14)8-12(10)16-13(18)17-7-3-6-15-9-17/h3-8H,2,9H2,1H3,(H,16,18). The average molecular weight is 264 g/mol. The Kier molecular flexibility index (Phi) is 3.99. The van der Waals surface area contributed by atoms with Crippen molar-refractivity contribution in [1.29, 1.82) is 0 Å². The lowest BCUT2D eigenvalue weighted by atomic mass is 10.1. The van der Waals surface area contributed by atoms with Gasteiger partial charge < -0.3 is 5.32 Å². The van der Waals surface area contributed by atoms with Crippen LogP contribution in [0, 0.1) is 0 Å². The van der Waals surface area contributed by atoms with Gasteiger partial charge in [-0.25, -0.2) is 4.79 Å². The number of hydrogen-bond donors (Lipinski definition) is 1. The highest BCUT2D eigenvalue weighted by Crippen LogP contribution is 2.22. The van der Waals surface area contributed by atoms with Gasteiger partial charge in [-0.05, 0) is 30.2 Å². The van der Waals surface area contributed by atoms with E-state index in [9.17, 15) is 4.79 Å². The first-order valence-corrected chi connectivity index (χ1v) is 6.11. The van der Waals surface area contributed by atoms with Crippen molar-refractivity contribution in [3.8, 4) is 0 Å². The highest BCUT2D eigenvalue weighted by atomic mass is 35.5. The lowest BCUT2D eigenvalue weighted by Crippen LogP contribution is -2.32. The minimum Gasteiger partial charge on any atom is -0.307 e. The number of carbonyl (C=O) groups is 1. The number of allylic oxidation sites excluding steroid dienone is 1. The third kappa shape index (κ3) is 2.90. The van der Waals surface area contributed by atoms with Crippen molar-refractivity contribution in [2.75, 3.05) is 12.0 Å². The zero-order chi connectivity index (χ0) is 13.0. The number of anilines is 1. The van der Waals surface area contributed by atoms with E-state index in [0.29, 0.717) is 11.7 Å². The van der Waals surface area contributed by atoms with E-state index in [0.717, 1.165) is 17.7 Å². The Bertz CT molecular complexity index is 511. The van der Waals surface area contributed by atoms with Gasteiger partial charge in [-0.2, -0.15) is 0 Å². The van der Waals surface area contributed by atoms with Gasteiger partial charge in [0.15, 0.2) is 0 Å². The Balaban J connectivity index is 2.13. The van der Waals surface area contributed by atoms with Crippen LogP contribution in [0.1, 0.15) is 12.5 Å². The van der Waals surface area contributed by atoms with Gasteiger partial charge in [-0.1, -0.05) is 24.6 Å². The van der Waals surface area contributed by atoms with E-state index in [1.54, 1.807) is 24.6 Å². The number of amides is 2. The van der Waals surface area contributed by atoms with Crippen LogP contribution >= 0.6 is 11.6 Å². The van der Waals surface area contributed by atoms with Crippen LogP contribution in [0.5, 0.6) is 0 Å². The maximum atomic E-state index is 12.0. The van der Waals surface area contributed by atoms with E-state index >= 15 is 0 Å². The third-order valence-electron chi connectivity index (χ3n) is 2.65. The summed E-state index contributed by atoms with van der Waals surface area (Å²) in [6.45, 7) is 2.37. The van der Waals surface area contributed by atoms with Crippen LogP contribution in [-0.4, -0.2) is 23.8 Å². The maximum Gasteiger partial charge on any atom is 0.327 e. The van der Waals surface area contributed by atoms with Crippen molar-refractivity contribution >= 4 is 29.5 Å². The largest absolute Gasteiger partial charge is 0.327 e. The van der Waals surface area contributed by atoms with Gasteiger partial charge in [-0.3, -0.25) is 9.89 Å². The van der Waals surface area contributed by atoms with Crippen molar-refractivity contribution in [2.45, 2.75) is 13.3 Å². The summed E-state index contributed by atoms with van der Waals surface area (Å²) in [6, 6.07) is 5.29. The van der Waals surface area contributed by atoms with Crippen LogP contribution in [0.4, 0.5) is 10.5 Å². The monoisotopic (exact) mass is 263 g/mol. The summed E-state index contributed by atoms with van der Waals surface area (Å²) in [5.41, 5.74) is 1.80. The van der Waals surface area contributed by atoms with Crippen LogP contribution in [0.25, 0.3) is 0 Å². The molecule has 1 aromatic rings. The molecule has 0 aliphatic carbocycles. The molecule has 0 saturated heterocycles. The predicted molar refractivity (Wildman–Crippen MR) is 74.2 cm³/mol. The number of hydrogen-bond acceptors (Lipinski definition) is 2. The number of carbonyl (C=O) groups excluding carboxylic acids is 1. The van der Waals surface area contributed by atoms with Gasteiger partial charge in [0.25, 0.3) is 0 Å². The summed E-state index contributed by atoms with van der Waals surface area (Å²) >= 11 is 5.94. The van der Waals surface area contributed by atoms with Crippen molar-refractivity contribution < 1.29 is 4.79 Å². The second-order valence-corrected chi connectivity index (χ2v) is 4.31. The van der Waals surface area contributed by atoms with E-state index in [1.807, 2.05) is 19.1 Å². The molecule has 1 aliphatic heterocycles. The minimum absolute atomic E-state index is 0.208. The number of urea groups is 1. The van der Waals surface area contributed by atoms with Gasteiger partial charge in [0.2, 0.25) is 0 Å². The summed E-state index contributed by atoms with van der Waals surface area (Å²) < 4.78 is 0. The fourth-order valence-corrected chi connectivity index (χ4v) is 1.85. The van der Waals surface area contributed by atoms with Gasteiger partial charge in [0.05, 0.1) is 0 Å². The molecule has 0 atom stereocenters. The molecule has 0 bridgehead atoms. The quantitative estimate of drug-likeness (QED) is 0.874. The summed E-state index contributed by atoms with van der Waals surface area (Å²) in [5.74, 6) is 0. The molecule has 0 saturated carbocycles. The van der Waals surface area contributed by atoms with Gasteiger partial charge in [-0.15, -0.1) is 0 Å². The molecule has 0 aromatic heterocycles. The molecule has 1 aliphatic rings. The van der Waals surface area contributed by atoms with Crippen LogP contribution < -0.4 is 5.32 Å². The smallest absolute Gasteiger partial charge is 0.307 e. The summed E-state index contributed by atoms with van der Waals surface area (Å²) in [4.78, 5) is 17.5. The van der Waals surface area contributed by atoms with Gasteiger partial charge in [0, 0.05) is 23.1 Å². The first-order chi connectivity index (χ1) is 8.70. The second-order valence-electron chi connectivity index (χ2n) is 3.87. The topological polar surface area (TPSA) is 44.7 Å². The van der Waals surface area contributed by atoms with Crippen molar-refractivity contribution in [2.24, 2.45) is 4.99 Å². The van der Waals surface area contributed by atoms with Crippen LogP contribution in [-0.2, 0) is 6.42 Å². The number of rotatable bonds is 2. The Morgan fingerprint density at radius 3 is 3.06 bits per heavy atom. The Labute approximate surface area is 111 Å². The van der Waals surface area contributed by atoms with Gasteiger partial charge >= 0.3 is 6.03 Å². The highest BCUT2D eigenvalue weighted by Gasteiger charge is 2.13. The Morgan fingerprint density at radius 2 is 2.39 bits per heavy atom. The van der Waals surface area contributed by atoms with E-state index < -0.39 is 0 Å². The van der Waals surface area contributed by atoms with Crippen molar-refractivity contribution in [3.63, 3.8) is 0 Å². The molecule has 94 valence electrons. The predicted octanol–water partition coefficient (Wildman–Crippen LogP) is 3.29. The third-order valence-corrected chi connectivity index (χ3v) is 2.88. The number of aliphatic imine (C=N–C) groups is 1. The zero-order valence-electron chi connectivity index (χ0n) is 10.1. The number of nitrogens with one attached hydrogen (secondary N) is 1. The van der Waals surface area contributed by atoms with Crippen molar-refractivity contribution in [1.82, 2.24) is 4.90 Å². The van der Waals surface area contributed by atoms with E-state index in [1.165, 1.54) is 4.90 Å². The maximum absolute atomic E-state index is 12.0. The summed E-state index contributed by atoms with van der Waals surface area (Å²) in [7, 11) is 0. The van der Waals surface area contributed by atoms with Gasteiger partial charge in [0.1, 0.15) is 6.67 Å². The normalized spacial score (nSPS) is 13.8. The molecular weight excluding hydrogens is 250 g/mol. The zero-order valence-corrected chi connectivity index (χ0v) is 10.8. The molecule has 0 spiro atoms. The average Bonchev–Trinajstić information content (AvgIpc) is 2.40. The lowest BCUT2D eigenvalue weighted by molar-refractivity contribution is 0.229. The van der Waals surface area contributed by atoms with Crippen LogP contribution in [0.2, 0.25) is 5.02 Å². The van der Waals surface area contributed by atoms with Crippen LogP contribution in [0.3, 0.4) is 0 Å². The molecule has 0 radical (unpaired) electrons. The Morgan fingerprint density at radius 1 is 1.56 bits per heavy atom. The molecule has 1 N–H and O–H groups in total. The second kappa shape index (κ2) is 5.69. The van der Waals surface area contributed by atoms with E-state index in [2.05, 4.69) is 10.3 Å². The highest BCUT2D eigenvalue weighted by molar-refractivity contribution is 6.31. The number of benzene rings is 1. The molecule has 2 amide bonds. The molecule has 18 heavy (non-hydrogen) atoms. The molecule has 0 fully saturated rings. The molecule has 0 unspecified atom stereocenters. The fraction of sp³-hybridized carbons (Fsp3) is 0.231. The molecule has 1 heterocycles. The Hall–Kier alpha value is -1.81. The molecule has 2 rings (SSSR count). The SMILES string of the molecule is CCc1ccc(Cl)cc1NC(=O)N1C=CC=NC1. The van der Waals surface area contributed by atoms with E-state index in [-0.39, 0.29) is 6.03 Å². The molecule has 1 aromatic carbocycles. The first kappa shape index (κ1) is 12.6. The van der Waals surface area contributed by atoms with Crippen LogP contribution in [0.15, 0.2) is 35.5 Å². The summed E-state index contributed by atoms with van der Waals surface area (Å²) in [6.07, 6.45) is 5.92. The summed E-state index contributed by atoms with van der Waals surface area (Å²) in [5, 5.41) is 3.46. The number of aryl methyl sites for hydroxylation is 1. The molecule has 5 heteroatoms. The number of nitrogens with zero attached hydrogens (tertiary/aromatic N) is 2. The molecule has 4 nitrogen and oxygen atoms in total. The fourth-order valence-electron chi connectivity index (χ4n) is 1.68.